The first-order valence-electron chi connectivity index (χ1n) is 8.59. The molecule has 0 aliphatic carbocycles. The van der Waals surface area contributed by atoms with Gasteiger partial charge >= 0.3 is 0 Å². The summed E-state index contributed by atoms with van der Waals surface area (Å²) in [6, 6.07) is 5.93. The minimum atomic E-state index is -3.39. The number of halogens is 1. The maximum absolute atomic E-state index is 13.4. The van der Waals surface area contributed by atoms with Crippen LogP contribution in [0.2, 0.25) is 0 Å². The minimum absolute atomic E-state index is 0.0204. The standard InChI is InChI=1S/C18H22FN3O4S/c1-11(2)16-15(18-25-8-9-26-18)17(12-4-6-13(19)7-5-12)22-14(21-16)10-20-27(3,23)24/h4-7,11,18,20H,8-10H2,1-3H3. The summed E-state index contributed by atoms with van der Waals surface area (Å²) >= 11 is 0. The first kappa shape index (κ1) is 19.8. The van der Waals surface area contributed by atoms with E-state index in [-0.39, 0.29) is 18.3 Å². The molecule has 1 saturated heterocycles. The minimum Gasteiger partial charge on any atom is -0.346 e. The Bertz CT molecular complexity index is 911. The quantitative estimate of drug-likeness (QED) is 0.808. The molecule has 27 heavy (non-hydrogen) atoms. The SMILES string of the molecule is CC(C)c1nc(CNS(C)(=O)=O)nc(-c2ccc(F)cc2)c1C1OCCO1. The fraction of sp³-hybridized carbons (Fsp3) is 0.444. The van der Waals surface area contributed by atoms with Crippen LogP contribution in [-0.4, -0.2) is 37.9 Å². The van der Waals surface area contributed by atoms with E-state index in [1.165, 1.54) is 12.1 Å². The lowest BCUT2D eigenvalue weighted by Crippen LogP contribution is -2.24. The predicted molar refractivity (Wildman–Crippen MR) is 97.8 cm³/mol. The normalized spacial score (nSPS) is 15.6. The molecule has 1 aliphatic heterocycles. The highest BCUT2D eigenvalue weighted by molar-refractivity contribution is 7.88. The molecule has 1 aromatic heterocycles. The molecule has 0 atom stereocenters. The number of hydrogen-bond acceptors (Lipinski definition) is 6. The van der Waals surface area contributed by atoms with Crippen molar-refractivity contribution in [3.63, 3.8) is 0 Å². The van der Waals surface area contributed by atoms with E-state index in [0.29, 0.717) is 41.6 Å². The zero-order valence-corrected chi connectivity index (χ0v) is 16.2. The third kappa shape index (κ3) is 4.86. The Balaban J connectivity index is 2.15. The molecular weight excluding hydrogens is 373 g/mol. The first-order valence-corrected chi connectivity index (χ1v) is 10.5. The molecule has 0 unspecified atom stereocenters. The molecule has 1 aliphatic rings. The summed E-state index contributed by atoms with van der Waals surface area (Å²) in [6.45, 7) is 4.83. The molecule has 2 aromatic rings. The van der Waals surface area contributed by atoms with E-state index < -0.39 is 16.3 Å². The maximum Gasteiger partial charge on any atom is 0.209 e. The highest BCUT2D eigenvalue weighted by Gasteiger charge is 2.29. The summed E-state index contributed by atoms with van der Waals surface area (Å²) in [4.78, 5) is 9.09. The fourth-order valence-electron chi connectivity index (χ4n) is 2.83. The second-order valence-corrected chi connectivity index (χ2v) is 8.45. The van der Waals surface area contributed by atoms with Crippen LogP contribution >= 0.6 is 0 Å². The van der Waals surface area contributed by atoms with Gasteiger partial charge in [0.05, 0.1) is 43.0 Å². The Morgan fingerprint density at radius 2 is 1.81 bits per heavy atom. The van der Waals surface area contributed by atoms with Gasteiger partial charge in [0.15, 0.2) is 6.29 Å². The molecule has 0 bridgehead atoms. The average Bonchev–Trinajstić information content (AvgIpc) is 3.13. The van der Waals surface area contributed by atoms with Gasteiger partial charge in [-0.2, -0.15) is 0 Å². The summed E-state index contributed by atoms with van der Waals surface area (Å²) in [5, 5.41) is 0. The van der Waals surface area contributed by atoms with Crippen molar-refractivity contribution < 1.29 is 22.3 Å². The Kier molecular flexibility index (Phi) is 5.85. The van der Waals surface area contributed by atoms with Crippen LogP contribution in [0.3, 0.4) is 0 Å². The van der Waals surface area contributed by atoms with Crippen LogP contribution in [0.25, 0.3) is 11.3 Å². The number of sulfonamides is 1. The number of nitrogens with one attached hydrogen (secondary N) is 1. The Morgan fingerprint density at radius 3 is 2.37 bits per heavy atom. The van der Waals surface area contributed by atoms with E-state index in [2.05, 4.69) is 14.7 Å². The third-order valence-electron chi connectivity index (χ3n) is 4.04. The summed E-state index contributed by atoms with van der Waals surface area (Å²) in [5.74, 6) is -0.0112. The maximum atomic E-state index is 13.4. The fourth-order valence-corrected chi connectivity index (χ4v) is 3.23. The second-order valence-electron chi connectivity index (χ2n) is 6.62. The Labute approximate surface area is 158 Å². The summed E-state index contributed by atoms with van der Waals surface area (Å²) in [5.41, 5.74) is 2.63. The van der Waals surface area contributed by atoms with Gasteiger partial charge in [-0.05, 0) is 30.2 Å². The van der Waals surface area contributed by atoms with Gasteiger partial charge in [-0.1, -0.05) is 13.8 Å². The number of aromatic nitrogens is 2. The molecule has 7 nitrogen and oxygen atoms in total. The highest BCUT2D eigenvalue weighted by atomic mass is 32.2. The van der Waals surface area contributed by atoms with Crippen molar-refractivity contribution in [2.75, 3.05) is 19.5 Å². The zero-order chi connectivity index (χ0) is 19.6. The van der Waals surface area contributed by atoms with Gasteiger partial charge in [-0.3, -0.25) is 0 Å². The molecule has 1 N–H and O–H groups in total. The van der Waals surface area contributed by atoms with E-state index in [1.807, 2.05) is 13.8 Å². The van der Waals surface area contributed by atoms with E-state index in [1.54, 1.807) is 12.1 Å². The molecule has 2 heterocycles. The number of benzene rings is 1. The molecule has 9 heteroatoms. The molecule has 1 aromatic carbocycles. The monoisotopic (exact) mass is 395 g/mol. The van der Waals surface area contributed by atoms with Crippen LogP contribution in [0, 0.1) is 5.82 Å². The highest BCUT2D eigenvalue weighted by Crippen LogP contribution is 2.36. The van der Waals surface area contributed by atoms with Crippen LogP contribution in [-0.2, 0) is 26.0 Å². The largest absolute Gasteiger partial charge is 0.346 e. The van der Waals surface area contributed by atoms with Gasteiger partial charge in [0.25, 0.3) is 0 Å². The van der Waals surface area contributed by atoms with Gasteiger partial charge in [0, 0.05) is 5.56 Å². The molecular formula is C18H22FN3O4S. The molecule has 0 amide bonds. The number of rotatable bonds is 6. The van der Waals surface area contributed by atoms with Gasteiger partial charge in [0.2, 0.25) is 10.0 Å². The summed E-state index contributed by atoms with van der Waals surface area (Å²) in [6.07, 6.45) is 0.464. The second kappa shape index (κ2) is 7.97. The summed E-state index contributed by atoms with van der Waals surface area (Å²) < 4.78 is 50.0. The van der Waals surface area contributed by atoms with Crippen molar-refractivity contribution in [2.45, 2.75) is 32.6 Å². The van der Waals surface area contributed by atoms with Crippen molar-refractivity contribution in [2.24, 2.45) is 0 Å². The number of ether oxygens (including phenoxy) is 2. The van der Waals surface area contributed by atoms with Crippen molar-refractivity contribution in [1.82, 2.24) is 14.7 Å². The lowest BCUT2D eigenvalue weighted by Gasteiger charge is -2.21. The van der Waals surface area contributed by atoms with Crippen molar-refractivity contribution in [1.29, 1.82) is 0 Å². The molecule has 0 spiro atoms. The predicted octanol–water partition coefficient (Wildman–Crippen LogP) is 2.50. The third-order valence-corrected chi connectivity index (χ3v) is 4.70. The van der Waals surface area contributed by atoms with Gasteiger partial charge < -0.3 is 9.47 Å². The van der Waals surface area contributed by atoms with Crippen molar-refractivity contribution in [3.05, 3.63) is 47.2 Å². The van der Waals surface area contributed by atoms with E-state index >= 15 is 0 Å². The van der Waals surface area contributed by atoms with Crippen LogP contribution in [0.5, 0.6) is 0 Å². The zero-order valence-electron chi connectivity index (χ0n) is 15.4. The summed E-state index contributed by atoms with van der Waals surface area (Å²) in [7, 11) is -3.39. The van der Waals surface area contributed by atoms with Gasteiger partial charge in [-0.15, -0.1) is 0 Å². The Morgan fingerprint density at radius 1 is 1.19 bits per heavy atom. The molecule has 1 fully saturated rings. The van der Waals surface area contributed by atoms with Crippen LogP contribution in [0.1, 0.15) is 43.1 Å². The van der Waals surface area contributed by atoms with E-state index in [4.69, 9.17) is 9.47 Å². The molecule has 3 rings (SSSR count). The number of hydrogen-bond donors (Lipinski definition) is 1. The average molecular weight is 395 g/mol. The molecule has 0 saturated carbocycles. The first-order chi connectivity index (χ1) is 12.7. The van der Waals surface area contributed by atoms with E-state index in [9.17, 15) is 12.8 Å². The lowest BCUT2D eigenvalue weighted by atomic mass is 9.97. The topological polar surface area (TPSA) is 90.4 Å². The van der Waals surface area contributed by atoms with Crippen molar-refractivity contribution >= 4 is 10.0 Å². The smallest absolute Gasteiger partial charge is 0.209 e. The molecule has 0 radical (unpaired) electrons. The van der Waals surface area contributed by atoms with Crippen LogP contribution in [0.15, 0.2) is 24.3 Å². The van der Waals surface area contributed by atoms with Crippen molar-refractivity contribution in [3.8, 4) is 11.3 Å². The van der Waals surface area contributed by atoms with Crippen LogP contribution in [0.4, 0.5) is 4.39 Å². The van der Waals surface area contributed by atoms with E-state index in [0.717, 1.165) is 6.26 Å². The van der Waals surface area contributed by atoms with Gasteiger partial charge in [0.1, 0.15) is 11.6 Å². The van der Waals surface area contributed by atoms with Crippen LogP contribution < -0.4 is 4.72 Å². The van der Waals surface area contributed by atoms with Gasteiger partial charge in [-0.25, -0.2) is 27.5 Å². The molecule has 146 valence electrons. The number of nitrogens with zero attached hydrogens (tertiary/aromatic N) is 2. The lowest BCUT2D eigenvalue weighted by molar-refractivity contribution is -0.0449. The Hall–Kier alpha value is -1.94.